The van der Waals surface area contributed by atoms with Crippen LogP contribution >= 0.6 is 0 Å². The van der Waals surface area contributed by atoms with E-state index in [2.05, 4.69) is 17.4 Å². The SMILES string of the molecule is COc1ccc(CCC(=O)N[C@H]2CC3(CCCCC3)Oc3ccccc32)cc1C. The van der Waals surface area contributed by atoms with E-state index in [9.17, 15) is 4.79 Å². The van der Waals surface area contributed by atoms with Crippen LogP contribution < -0.4 is 14.8 Å². The second-order valence-corrected chi connectivity index (χ2v) is 8.51. The molecule has 0 bridgehead atoms. The smallest absolute Gasteiger partial charge is 0.220 e. The van der Waals surface area contributed by atoms with Crippen molar-refractivity contribution >= 4 is 5.91 Å². The molecule has 1 aliphatic heterocycles. The number of carbonyl (C=O) groups is 1. The van der Waals surface area contributed by atoms with Crippen LogP contribution in [0.15, 0.2) is 42.5 Å². The first kappa shape index (κ1) is 19.8. The van der Waals surface area contributed by atoms with Gasteiger partial charge in [0, 0.05) is 18.4 Å². The minimum Gasteiger partial charge on any atom is -0.496 e. The van der Waals surface area contributed by atoms with Gasteiger partial charge in [-0.05, 0) is 62.3 Å². The van der Waals surface area contributed by atoms with Crippen LogP contribution in [0, 0.1) is 6.92 Å². The van der Waals surface area contributed by atoms with Crippen molar-refractivity contribution in [2.75, 3.05) is 7.11 Å². The lowest BCUT2D eigenvalue weighted by atomic mass is 9.77. The number of ether oxygens (including phenoxy) is 2. The number of methoxy groups -OCH3 is 1. The van der Waals surface area contributed by atoms with E-state index < -0.39 is 0 Å². The second-order valence-electron chi connectivity index (χ2n) is 8.51. The molecule has 1 atom stereocenters. The Morgan fingerprint density at radius 3 is 2.72 bits per heavy atom. The zero-order chi connectivity index (χ0) is 20.3. The summed E-state index contributed by atoms with van der Waals surface area (Å²) in [6.45, 7) is 2.03. The zero-order valence-electron chi connectivity index (χ0n) is 17.5. The quantitative estimate of drug-likeness (QED) is 0.752. The summed E-state index contributed by atoms with van der Waals surface area (Å²) < 4.78 is 11.8. The molecule has 2 aliphatic rings. The Hall–Kier alpha value is -2.49. The number of hydrogen-bond donors (Lipinski definition) is 1. The largest absolute Gasteiger partial charge is 0.496 e. The van der Waals surface area contributed by atoms with Crippen LogP contribution in [0.5, 0.6) is 11.5 Å². The van der Waals surface area contributed by atoms with Gasteiger partial charge < -0.3 is 14.8 Å². The fraction of sp³-hybridized carbons (Fsp3) is 0.480. The Morgan fingerprint density at radius 1 is 1.17 bits per heavy atom. The van der Waals surface area contributed by atoms with E-state index in [-0.39, 0.29) is 17.6 Å². The molecule has 4 nitrogen and oxygen atoms in total. The summed E-state index contributed by atoms with van der Waals surface area (Å²) in [5, 5.41) is 3.31. The maximum Gasteiger partial charge on any atom is 0.220 e. The van der Waals surface area contributed by atoms with Crippen molar-refractivity contribution in [1.82, 2.24) is 5.32 Å². The van der Waals surface area contributed by atoms with Crippen molar-refractivity contribution in [3.05, 3.63) is 59.2 Å². The molecule has 154 valence electrons. The molecule has 0 aromatic heterocycles. The molecule has 0 unspecified atom stereocenters. The third-order valence-electron chi connectivity index (χ3n) is 6.40. The van der Waals surface area contributed by atoms with Crippen LogP contribution in [0.3, 0.4) is 0 Å². The van der Waals surface area contributed by atoms with E-state index in [1.807, 2.05) is 37.3 Å². The number of amides is 1. The zero-order valence-corrected chi connectivity index (χ0v) is 17.5. The van der Waals surface area contributed by atoms with E-state index in [0.717, 1.165) is 53.9 Å². The number of benzene rings is 2. The molecule has 4 rings (SSSR count). The summed E-state index contributed by atoms with van der Waals surface area (Å²) >= 11 is 0. The molecule has 29 heavy (non-hydrogen) atoms. The molecular formula is C25H31NO3. The molecule has 0 radical (unpaired) electrons. The summed E-state index contributed by atoms with van der Waals surface area (Å²) in [7, 11) is 1.68. The van der Waals surface area contributed by atoms with Crippen molar-refractivity contribution in [3.63, 3.8) is 0 Å². The van der Waals surface area contributed by atoms with E-state index >= 15 is 0 Å². The Morgan fingerprint density at radius 2 is 1.97 bits per heavy atom. The molecule has 0 saturated heterocycles. The van der Waals surface area contributed by atoms with Gasteiger partial charge in [-0.25, -0.2) is 0 Å². The van der Waals surface area contributed by atoms with Crippen molar-refractivity contribution < 1.29 is 14.3 Å². The van der Waals surface area contributed by atoms with Crippen molar-refractivity contribution in [3.8, 4) is 11.5 Å². The molecule has 1 heterocycles. The van der Waals surface area contributed by atoms with Gasteiger partial charge in [-0.2, -0.15) is 0 Å². The van der Waals surface area contributed by atoms with E-state index in [0.29, 0.717) is 6.42 Å². The standard InChI is InChI=1S/C25H31NO3/c1-18-16-19(10-12-22(18)28-2)11-13-24(27)26-21-17-25(14-6-3-7-15-25)29-23-9-5-4-8-20(21)23/h4-5,8-10,12,16,21H,3,6-7,11,13-15,17H2,1-2H3,(H,26,27)/t21-/m0/s1. The topological polar surface area (TPSA) is 47.6 Å². The van der Waals surface area contributed by atoms with Crippen LogP contribution in [-0.4, -0.2) is 18.6 Å². The molecule has 1 N–H and O–H groups in total. The van der Waals surface area contributed by atoms with Gasteiger partial charge in [-0.15, -0.1) is 0 Å². The molecule has 4 heteroatoms. The number of hydrogen-bond acceptors (Lipinski definition) is 3. The normalized spacial score (nSPS) is 19.9. The first-order valence-corrected chi connectivity index (χ1v) is 10.8. The van der Waals surface area contributed by atoms with Crippen LogP contribution in [0.4, 0.5) is 0 Å². The highest BCUT2D eigenvalue weighted by Crippen LogP contribution is 2.46. The number of rotatable bonds is 5. The van der Waals surface area contributed by atoms with Crippen LogP contribution in [0.1, 0.15) is 67.7 Å². The average Bonchev–Trinajstić information content (AvgIpc) is 2.73. The first-order chi connectivity index (χ1) is 14.1. The number of aryl methyl sites for hydroxylation is 2. The molecule has 1 amide bonds. The first-order valence-electron chi connectivity index (χ1n) is 10.8. The predicted octanol–water partition coefficient (Wildman–Crippen LogP) is 5.28. The number of carbonyl (C=O) groups excluding carboxylic acids is 1. The van der Waals surface area contributed by atoms with Crippen LogP contribution in [-0.2, 0) is 11.2 Å². The van der Waals surface area contributed by atoms with Gasteiger partial charge in [0.15, 0.2) is 0 Å². The lowest BCUT2D eigenvalue weighted by Gasteiger charge is -2.44. The Balaban J connectivity index is 1.43. The number of para-hydroxylation sites is 1. The lowest BCUT2D eigenvalue weighted by Crippen LogP contribution is -2.46. The Labute approximate surface area is 173 Å². The molecule has 2 aromatic rings. The van der Waals surface area contributed by atoms with Crippen molar-refractivity contribution in [2.24, 2.45) is 0 Å². The molecular weight excluding hydrogens is 362 g/mol. The monoisotopic (exact) mass is 393 g/mol. The second kappa shape index (κ2) is 8.48. The van der Waals surface area contributed by atoms with Gasteiger partial charge in [0.2, 0.25) is 5.91 Å². The molecule has 1 spiro atoms. The minimum atomic E-state index is -0.113. The van der Waals surface area contributed by atoms with E-state index in [1.165, 1.54) is 19.3 Å². The highest BCUT2D eigenvalue weighted by atomic mass is 16.5. The molecule has 1 aliphatic carbocycles. The summed E-state index contributed by atoms with van der Waals surface area (Å²) in [6.07, 6.45) is 7.95. The fourth-order valence-electron chi connectivity index (χ4n) is 4.87. The maximum atomic E-state index is 12.8. The maximum absolute atomic E-state index is 12.8. The van der Waals surface area contributed by atoms with E-state index in [1.54, 1.807) is 7.11 Å². The van der Waals surface area contributed by atoms with Gasteiger partial charge >= 0.3 is 0 Å². The van der Waals surface area contributed by atoms with Crippen molar-refractivity contribution in [2.45, 2.75) is 69.9 Å². The summed E-state index contributed by atoms with van der Waals surface area (Å²) in [5.41, 5.74) is 3.26. The Bertz CT molecular complexity index is 870. The van der Waals surface area contributed by atoms with Crippen molar-refractivity contribution in [1.29, 1.82) is 0 Å². The highest BCUT2D eigenvalue weighted by Gasteiger charge is 2.42. The molecule has 1 fully saturated rings. The van der Waals surface area contributed by atoms with Gasteiger partial charge in [0.25, 0.3) is 0 Å². The fourth-order valence-corrected chi connectivity index (χ4v) is 4.87. The third-order valence-corrected chi connectivity index (χ3v) is 6.40. The number of fused-ring (bicyclic) bond motifs is 1. The average molecular weight is 394 g/mol. The summed E-state index contributed by atoms with van der Waals surface area (Å²) in [6, 6.07) is 14.3. The van der Waals surface area contributed by atoms with Gasteiger partial charge in [0.05, 0.1) is 13.2 Å². The lowest BCUT2D eigenvalue weighted by molar-refractivity contribution is -0.122. The highest BCUT2D eigenvalue weighted by molar-refractivity contribution is 5.77. The summed E-state index contributed by atoms with van der Waals surface area (Å²) in [4.78, 5) is 12.8. The van der Waals surface area contributed by atoms with Gasteiger partial charge in [-0.3, -0.25) is 4.79 Å². The molecule has 1 saturated carbocycles. The third kappa shape index (κ3) is 4.42. The van der Waals surface area contributed by atoms with Crippen LogP contribution in [0.25, 0.3) is 0 Å². The predicted molar refractivity (Wildman–Crippen MR) is 114 cm³/mol. The van der Waals surface area contributed by atoms with E-state index in [4.69, 9.17) is 9.47 Å². The minimum absolute atomic E-state index is 0.0307. The molecule has 2 aromatic carbocycles. The van der Waals surface area contributed by atoms with Crippen LogP contribution in [0.2, 0.25) is 0 Å². The van der Waals surface area contributed by atoms with Gasteiger partial charge in [-0.1, -0.05) is 36.8 Å². The Kier molecular flexibility index (Phi) is 5.79. The summed E-state index contributed by atoms with van der Waals surface area (Å²) in [5.74, 6) is 1.93. The van der Waals surface area contributed by atoms with Gasteiger partial charge in [0.1, 0.15) is 17.1 Å². The number of nitrogens with one attached hydrogen (secondary N) is 1.